The van der Waals surface area contributed by atoms with Crippen molar-refractivity contribution in [2.24, 2.45) is 0 Å². The van der Waals surface area contributed by atoms with Crippen molar-refractivity contribution in [3.8, 4) is 0 Å². The van der Waals surface area contributed by atoms with E-state index in [2.05, 4.69) is 20.7 Å². The number of nitrogens with one attached hydrogen (secondary N) is 1. The van der Waals surface area contributed by atoms with Gasteiger partial charge in [-0.05, 0) is 6.08 Å². The molecule has 12 heavy (non-hydrogen) atoms. The van der Waals surface area contributed by atoms with Crippen LogP contribution in [0.1, 0.15) is 6.42 Å². The number of esters is 1. The van der Waals surface area contributed by atoms with Crippen molar-refractivity contribution in [2.75, 3.05) is 7.11 Å². The number of hydrogen-bond acceptors (Lipinski definition) is 3. The first-order valence-electron chi connectivity index (χ1n) is 3.38. The molecule has 0 aromatic heterocycles. The molecule has 1 aliphatic rings. The third kappa shape index (κ3) is 1.82. The highest BCUT2D eigenvalue weighted by Crippen LogP contribution is 2.19. The molecular weight excluding hydrogens is 222 g/mol. The zero-order valence-electron chi connectivity index (χ0n) is 6.56. The Balaban J connectivity index is 2.93. The van der Waals surface area contributed by atoms with E-state index in [4.69, 9.17) is 5.41 Å². The summed E-state index contributed by atoms with van der Waals surface area (Å²) in [5.41, 5.74) is 0.622. The van der Waals surface area contributed by atoms with E-state index in [0.717, 1.165) is 4.48 Å². The van der Waals surface area contributed by atoms with Gasteiger partial charge in [-0.15, -0.1) is 0 Å². The number of carbonyl (C=O) groups is 1. The van der Waals surface area contributed by atoms with Crippen molar-refractivity contribution in [1.29, 1.82) is 5.41 Å². The second-order valence-corrected chi connectivity index (χ2v) is 3.24. The van der Waals surface area contributed by atoms with Crippen molar-refractivity contribution in [2.45, 2.75) is 6.42 Å². The van der Waals surface area contributed by atoms with Gasteiger partial charge < -0.3 is 10.1 Å². The number of carbonyl (C=O) groups excluding carboxylic acids is 1. The van der Waals surface area contributed by atoms with Gasteiger partial charge in [0.1, 0.15) is 0 Å². The maximum absolute atomic E-state index is 11.0. The highest BCUT2D eigenvalue weighted by Gasteiger charge is 2.17. The van der Waals surface area contributed by atoms with Crippen molar-refractivity contribution in [3.05, 3.63) is 22.2 Å². The Morgan fingerprint density at radius 1 is 1.75 bits per heavy atom. The maximum atomic E-state index is 11.0. The minimum Gasteiger partial charge on any atom is -0.465 e. The first-order valence-corrected chi connectivity index (χ1v) is 4.18. The van der Waals surface area contributed by atoms with Crippen LogP contribution in [0.25, 0.3) is 0 Å². The van der Waals surface area contributed by atoms with E-state index in [-0.39, 0.29) is 0 Å². The molecule has 0 amide bonds. The third-order valence-corrected chi connectivity index (χ3v) is 2.07. The molecular formula is C8H8BrNO2. The molecule has 0 unspecified atom stereocenters. The predicted octanol–water partition coefficient (Wildman–Crippen LogP) is 1.79. The van der Waals surface area contributed by atoms with Crippen LogP contribution in [0.15, 0.2) is 22.2 Å². The van der Waals surface area contributed by atoms with Crippen LogP contribution in [0.4, 0.5) is 0 Å². The van der Waals surface area contributed by atoms with Gasteiger partial charge in [0.05, 0.1) is 12.7 Å². The summed E-state index contributed by atoms with van der Waals surface area (Å²) in [6.45, 7) is 0. The molecule has 0 aliphatic heterocycles. The van der Waals surface area contributed by atoms with Gasteiger partial charge in [-0.1, -0.05) is 22.0 Å². The van der Waals surface area contributed by atoms with Gasteiger partial charge in [0, 0.05) is 16.6 Å². The third-order valence-electron chi connectivity index (χ3n) is 1.51. The average molecular weight is 230 g/mol. The molecule has 0 fully saturated rings. The summed E-state index contributed by atoms with van der Waals surface area (Å²) in [5, 5.41) is 7.44. The van der Waals surface area contributed by atoms with Crippen molar-refractivity contribution in [3.63, 3.8) is 0 Å². The first-order chi connectivity index (χ1) is 5.65. The second-order valence-electron chi connectivity index (χ2n) is 2.32. The highest BCUT2D eigenvalue weighted by atomic mass is 79.9. The van der Waals surface area contributed by atoms with Gasteiger partial charge >= 0.3 is 5.97 Å². The molecule has 0 spiro atoms. The quantitative estimate of drug-likeness (QED) is 0.698. The smallest absolute Gasteiger partial charge is 0.339 e. The minimum atomic E-state index is -0.454. The predicted molar refractivity (Wildman–Crippen MR) is 49.5 cm³/mol. The second kappa shape index (κ2) is 3.67. The van der Waals surface area contributed by atoms with E-state index in [9.17, 15) is 4.79 Å². The summed E-state index contributed by atoms with van der Waals surface area (Å²) in [4.78, 5) is 11.0. The molecule has 0 heterocycles. The molecule has 1 N–H and O–H groups in total. The van der Waals surface area contributed by atoms with E-state index in [1.54, 1.807) is 6.08 Å². The van der Waals surface area contributed by atoms with Gasteiger partial charge in [-0.3, -0.25) is 0 Å². The molecule has 1 rings (SSSR count). The lowest BCUT2D eigenvalue weighted by molar-refractivity contribution is -0.135. The number of halogens is 1. The highest BCUT2D eigenvalue weighted by molar-refractivity contribution is 9.11. The van der Waals surface area contributed by atoms with Gasteiger partial charge in [0.15, 0.2) is 0 Å². The van der Waals surface area contributed by atoms with Crippen molar-refractivity contribution < 1.29 is 9.53 Å². The molecule has 0 aromatic carbocycles. The summed E-state index contributed by atoms with van der Waals surface area (Å²) in [7, 11) is 1.31. The van der Waals surface area contributed by atoms with Crippen LogP contribution >= 0.6 is 15.9 Å². The summed E-state index contributed by atoms with van der Waals surface area (Å²) in [5.74, 6) is -0.454. The van der Waals surface area contributed by atoms with Crippen molar-refractivity contribution >= 4 is 27.6 Å². The Morgan fingerprint density at radius 3 is 3.00 bits per heavy atom. The number of rotatable bonds is 1. The molecule has 64 valence electrons. The monoisotopic (exact) mass is 229 g/mol. The van der Waals surface area contributed by atoms with Crippen LogP contribution in [0.2, 0.25) is 0 Å². The standard InChI is InChI=1S/C8H8BrNO2/c1-12-8(11)6-4-5(9)2-3-7(6)10/h2,4,10H,3H2,1H3. The van der Waals surface area contributed by atoms with Gasteiger partial charge in [-0.25, -0.2) is 4.79 Å². The molecule has 0 aromatic rings. The van der Waals surface area contributed by atoms with E-state index < -0.39 is 5.97 Å². The zero-order chi connectivity index (χ0) is 9.14. The SMILES string of the molecule is COC(=O)C1=CC(Br)=CCC1=N. The first kappa shape index (κ1) is 9.19. The molecule has 1 aliphatic carbocycles. The largest absolute Gasteiger partial charge is 0.465 e. The Kier molecular flexibility index (Phi) is 2.81. The summed E-state index contributed by atoms with van der Waals surface area (Å²) in [6.07, 6.45) is 3.90. The molecule has 4 heteroatoms. The molecule has 3 nitrogen and oxygen atoms in total. The van der Waals surface area contributed by atoms with Crippen LogP contribution in [-0.2, 0) is 9.53 Å². The fourth-order valence-corrected chi connectivity index (χ4v) is 1.28. The van der Waals surface area contributed by atoms with Gasteiger partial charge in [0.25, 0.3) is 0 Å². The Bertz CT molecular complexity index is 291. The van der Waals surface area contributed by atoms with Crippen LogP contribution in [0, 0.1) is 5.41 Å². The van der Waals surface area contributed by atoms with E-state index in [1.165, 1.54) is 7.11 Å². The molecule has 0 saturated carbocycles. The lowest BCUT2D eigenvalue weighted by Gasteiger charge is -2.09. The van der Waals surface area contributed by atoms with E-state index >= 15 is 0 Å². The molecule has 0 atom stereocenters. The fraction of sp³-hybridized carbons (Fsp3) is 0.250. The number of methoxy groups -OCH3 is 1. The topological polar surface area (TPSA) is 50.2 Å². The number of ether oxygens (including phenoxy) is 1. The minimum absolute atomic E-state index is 0.296. The number of allylic oxidation sites excluding steroid dienone is 3. The molecule has 0 bridgehead atoms. The van der Waals surface area contributed by atoms with E-state index in [1.807, 2.05) is 6.08 Å². The van der Waals surface area contributed by atoms with E-state index in [0.29, 0.717) is 17.7 Å². The lowest BCUT2D eigenvalue weighted by atomic mass is 10.0. The summed E-state index contributed by atoms with van der Waals surface area (Å²) >= 11 is 3.23. The molecule has 0 saturated heterocycles. The van der Waals surface area contributed by atoms with Crippen LogP contribution < -0.4 is 0 Å². The lowest BCUT2D eigenvalue weighted by Crippen LogP contribution is -2.15. The Morgan fingerprint density at radius 2 is 2.42 bits per heavy atom. The van der Waals surface area contributed by atoms with Crippen LogP contribution in [0.3, 0.4) is 0 Å². The normalized spacial score (nSPS) is 16.7. The maximum Gasteiger partial charge on any atom is 0.339 e. The zero-order valence-corrected chi connectivity index (χ0v) is 8.14. The number of hydrogen-bond donors (Lipinski definition) is 1. The molecule has 0 radical (unpaired) electrons. The van der Waals surface area contributed by atoms with Gasteiger partial charge in [-0.2, -0.15) is 0 Å². The Labute approximate surface area is 78.7 Å². The average Bonchev–Trinajstić information content (AvgIpc) is 2.08. The summed E-state index contributed by atoms with van der Waals surface area (Å²) in [6, 6.07) is 0. The Hall–Kier alpha value is -0.900. The van der Waals surface area contributed by atoms with Crippen LogP contribution in [-0.4, -0.2) is 18.8 Å². The fourth-order valence-electron chi connectivity index (χ4n) is 0.886. The summed E-state index contributed by atoms with van der Waals surface area (Å²) < 4.78 is 5.33. The van der Waals surface area contributed by atoms with Crippen LogP contribution in [0.5, 0.6) is 0 Å². The van der Waals surface area contributed by atoms with Gasteiger partial charge in [0.2, 0.25) is 0 Å². The van der Waals surface area contributed by atoms with Crippen molar-refractivity contribution in [1.82, 2.24) is 0 Å².